The SMILES string of the molecule is Cn1nccc1-c1ccc(Sc2cc(F)cc(C3(C(N)=O)CCCOC3)c2F)cc1. The summed E-state index contributed by atoms with van der Waals surface area (Å²) in [6, 6.07) is 11.6. The molecule has 0 spiro atoms. The molecule has 2 N–H and O–H groups in total. The van der Waals surface area contributed by atoms with Gasteiger partial charge in [0.2, 0.25) is 5.91 Å². The van der Waals surface area contributed by atoms with E-state index in [4.69, 9.17) is 10.5 Å². The van der Waals surface area contributed by atoms with E-state index in [2.05, 4.69) is 5.10 Å². The zero-order valence-corrected chi connectivity index (χ0v) is 17.2. The maximum absolute atomic E-state index is 15.4. The highest BCUT2D eigenvalue weighted by molar-refractivity contribution is 7.99. The summed E-state index contributed by atoms with van der Waals surface area (Å²) in [5.41, 5.74) is 6.13. The van der Waals surface area contributed by atoms with Crippen molar-refractivity contribution in [3.63, 3.8) is 0 Å². The van der Waals surface area contributed by atoms with E-state index in [9.17, 15) is 9.18 Å². The number of amides is 1. The van der Waals surface area contributed by atoms with E-state index >= 15 is 4.39 Å². The monoisotopic (exact) mass is 429 g/mol. The molecule has 1 fully saturated rings. The van der Waals surface area contributed by atoms with E-state index in [1.807, 2.05) is 37.4 Å². The smallest absolute Gasteiger partial charge is 0.230 e. The third-order valence-electron chi connectivity index (χ3n) is 5.43. The molecular weight excluding hydrogens is 408 g/mol. The number of hydrogen-bond donors (Lipinski definition) is 1. The van der Waals surface area contributed by atoms with E-state index in [1.165, 1.54) is 0 Å². The summed E-state index contributed by atoms with van der Waals surface area (Å²) in [6.07, 6.45) is 2.59. The van der Waals surface area contributed by atoms with Gasteiger partial charge in [0.25, 0.3) is 0 Å². The third kappa shape index (κ3) is 3.73. The molecule has 4 rings (SSSR count). The van der Waals surface area contributed by atoms with Gasteiger partial charge in [0.05, 0.1) is 17.2 Å². The van der Waals surface area contributed by atoms with Crippen molar-refractivity contribution in [1.82, 2.24) is 9.78 Å². The van der Waals surface area contributed by atoms with Gasteiger partial charge < -0.3 is 10.5 Å². The van der Waals surface area contributed by atoms with Crippen molar-refractivity contribution >= 4 is 17.7 Å². The van der Waals surface area contributed by atoms with E-state index in [1.54, 1.807) is 10.9 Å². The molecule has 1 aliphatic rings. The van der Waals surface area contributed by atoms with Gasteiger partial charge in [0.1, 0.15) is 17.0 Å². The molecule has 5 nitrogen and oxygen atoms in total. The fraction of sp³-hybridized carbons (Fsp3) is 0.273. The van der Waals surface area contributed by atoms with Crippen LogP contribution in [-0.4, -0.2) is 28.9 Å². The molecule has 1 aromatic heterocycles. The van der Waals surface area contributed by atoms with E-state index < -0.39 is 23.0 Å². The first kappa shape index (κ1) is 20.6. The maximum Gasteiger partial charge on any atom is 0.230 e. The lowest BCUT2D eigenvalue weighted by atomic mass is 9.75. The van der Waals surface area contributed by atoms with Crippen LogP contribution < -0.4 is 5.73 Å². The molecule has 1 unspecified atom stereocenters. The van der Waals surface area contributed by atoms with Crippen LogP contribution in [-0.2, 0) is 22.0 Å². The van der Waals surface area contributed by atoms with Crippen LogP contribution in [0.5, 0.6) is 0 Å². The van der Waals surface area contributed by atoms with Crippen molar-refractivity contribution in [3.8, 4) is 11.3 Å². The van der Waals surface area contributed by atoms with Crippen molar-refractivity contribution in [2.45, 2.75) is 28.0 Å². The van der Waals surface area contributed by atoms with Crippen molar-refractivity contribution < 1.29 is 18.3 Å². The lowest BCUT2D eigenvalue weighted by Crippen LogP contribution is -2.48. The molecule has 1 saturated heterocycles. The number of halogens is 2. The predicted molar refractivity (Wildman–Crippen MR) is 110 cm³/mol. The first-order valence-electron chi connectivity index (χ1n) is 9.54. The van der Waals surface area contributed by atoms with Crippen LogP contribution in [0.15, 0.2) is 58.5 Å². The molecule has 1 aliphatic heterocycles. The van der Waals surface area contributed by atoms with Gasteiger partial charge in [-0.15, -0.1) is 0 Å². The highest BCUT2D eigenvalue weighted by atomic mass is 32.2. The lowest BCUT2D eigenvalue weighted by molar-refractivity contribution is -0.128. The molecule has 8 heteroatoms. The quantitative estimate of drug-likeness (QED) is 0.664. The van der Waals surface area contributed by atoms with Gasteiger partial charge in [-0.3, -0.25) is 9.48 Å². The first-order valence-corrected chi connectivity index (χ1v) is 10.4. The van der Waals surface area contributed by atoms with Crippen LogP contribution in [0.25, 0.3) is 11.3 Å². The number of rotatable bonds is 5. The van der Waals surface area contributed by atoms with Crippen LogP contribution in [0, 0.1) is 11.6 Å². The van der Waals surface area contributed by atoms with Crippen LogP contribution >= 0.6 is 11.8 Å². The minimum Gasteiger partial charge on any atom is -0.380 e. The minimum absolute atomic E-state index is 0.0382. The molecule has 2 aromatic carbocycles. The number of aryl methyl sites for hydroxylation is 1. The number of ether oxygens (including phenoxy) is 1. The number of nitrogens with two attached hydrogens (primary N) is 1. The van der Waals surface area contributed by atoms with Gasteiger partial charge in [-0.25, -0.2) is 8.78 Å². The number of carbonyl (C=O) groups is 1. The largest absolute Gasteiger partial charge is 0.380 e. The number of nitrogens with zero attached hydrogens (tertiary/aromatic N) is 2. The summed E-state index contributed by atoms with van der Waals surface area (Å²) >= 11 is 1.10. The fourth-order valence-electron chi connectivity index (χ4n) is 3.80. The first-order chi connectivity index (χ1) is 14.4. The summed E-state index contributed by atoms with van der Waals surface area (Å²) in [6.45, 7) is 0.419. The second-order valence-electron chi connectivity index (χ2n) is 7.33. The van der Waals surface area contributed by atoms with Crippen LogP contribution in [0.2, 0.25) is 0 Å². The Balaban J connectivity index is 1.67. The average Bonchev–Trinajstić information content (AvgIpc) is 3.17. The Bertz CT molecular complexity index is 1080. The summed E-state index contributed by atoms with van der Waals surface area (Å²) in [4.78, 5) is 13.1. The molecule has 2 heterocycles. The number of carbonyl (C=O) groups excluding carboxylic acids is 1. The second-order valence-corrected chi connectivity index (χ2v) is 8.45. The molecule has 3 aromatic rings. The van der Waals surface area contributed by atoms with Crippen LogP contribution in [0.3, 0.4) is 0 Å². The van der Waals surface area contributed by atoms with Gasteiger partial charge in [0, 0.05) is 30.3 Å². The Labute approximate surface area is 177 Å². The Morgan fingerprint density at radius 3 is 2.60 bits per heavy atom. The third-order valence-corrected chi connectivity index (χ3v) is 6.46. The highest BCUT2D eigenvalue weighted by Gasteiger charge is 2.43. The number of benzene rings is 2. The summed E-state index contributed by atoms with van der Waals surface area (Å²) in [5, 5.41) is 4.15. The zero-order valence-electron chi connectivity index (χ0n) is 16.4. The fourth-order valence-corrected chi connectivity index (χ4v) is 4.70. The Hall–Kier alpha value is -2.71. The molecular formula is C22H21F2N3O2S. The number of aromatic nitrogens is 2. The Morgan fingerprint density at radius 1 is 1.23 bits per heavy atom. The molecule has 1 atom stereocenters. The standard InChI is InChI=1S/C22H21F2N3O2S/c1-27-18(7-9-26-27)14-3-5-16(6-4-14)30-19-12-15(23)11-17(20(19)24)22(21(25)28)8-2-10-29-13-22/h3-7,9,11-12H,2,8,10,13H2,1H3,(H2,25,28). The van der Waals surface area contributed by atoms with Gasteiger partial charge in [0.15, 0.2) is 0 Å². The average molecular weight is 429 g/mol. The summed E-state index contributed by atoms with van der Waals surface area (Å²) in [5.74, 6) is -1.96. The topological polar surface area (TPSA) is 70.1 Å². The lowest BCUT2D eigenvalue weighted by Gasteiger charge is -2.35. The molecule has 0 saturated carbocycles. The van der Waals surface area contributed by atoms with Crippen molar-refractivity contribution in [3.05, 3.63) is 65.9 Å². The summed E-state index contributed by atoms with van der Waals surface area (Å²) in [7, 11) is 1.85. The van der Waals surface area contributed by atoms with Crippen molar-refractivity contribution in [1.29, 1.82) is 0 Å². The Kier molecular flexibility index (Phi) is 5.62. The van der Waals surface area contributed by atoms with Crippen LogP contribution in [0.1, 0.15) is 18.4 Å². The molecule has 0 radical (unpaired) electrons. The predicted octanol–water partition coefficient (Wildman–Crippen LogP) is 4.05. The van der Waals surface area contributed by atoms with E-state index in [0.717, 1.165) is 40.0 Å². The van der Waals surface area contributed by atoms with Crippen molar-refractivity contribution in [2.75, 3.05) is 13.2 Å². The van der Waals surface area contributed by atoms with E-state index in [0.29, 0.717) is 19.4 Å². The molecule has 0 bridgehead atoms. The van der Waals surface area contributed by atoms with Crippen LogP contribution in [0.4, 0.5) is 8.78 Å². The zero-order chi connectivity index (χ0) is 21.3. The van der Waals surface area contributed by atoms with Gasteiger partial charge >= 0.3 is 0 Å². The molecule has 0 aliphatic carbocycles. The van der Waals surface area contributed by atoms with E-state index in [-0.39, 0.29) is 17.1 Å². The molecule has 30 heavy (non-hydrogen) atoms. The number of primary amides is 1. The van der Waals surface area contributed by atoms with Gasteiger partial charge in [-0.05, 0) is 48.7 Å². The highest BCUT2D eigenvalue weighted by Crippen LogP contribution is 2.40. The van der Waals surface area contributed by atoms with Gasteiger partial charge in [-0.2, -0.15) is 5.10 Å². The van der Waals surface area contributed by atoms with Crippen molar-refractivity contribution in [2.24, 2.45) is 12.8 Å². The minimum atomic E-state index is -1.36. The second kappa shape index (κ2) is 8.20. The summed E-state index contributed by atoms with van der Waals surface area (Å²) < 4.78 is 37.0. The number of hydrogen-bond acceptors (Lipinski definition) is 4. The maximum atomic E-state index is 15.4. The Morgan fingerprint density at radius 2 is 2.00 bits per heavy atom. The van der Waals surface area contributed by atoms with Gasteiger partial charge in [-0.1, -0.05) is 23.9 Å². The molecule has 156 valence electrons. The normalized spacial score (nSPS) is 19.0. The molecule has 1 amide bonds.